The molecular formula is C24H23N2O5S-. The normalized spacial score (nSPS) is 15.5. The van der Waals surface area contributed by atoms with Crippen LogP contribution in [-0.4, -0.2) is 30.9 Å². The number of benzene rings is 2. The molecule has 2 unspecified atom stereocenters. The average molecular weight is 452 g/mol. The van der Waals surface area contributed by atoms with Crippen LogP contribution in [0.15, 0.2) is 53.1 Å². The lowest BCUT2D eigenvalue weighted by Gasteiger charge is -2.32. The van der Waals surface area contributed by atoms with Crippen LogP contribution >= 0.6 is 0 Å². The van der Waals surface area contributed by atoms with Crippen LogP contribution in [0.5, 0.6) is 0 Å². The second kappa shape index (κ2) is 8.44. The number of H-pyrrole nitrogens is 1. The van der Waals surface area contributed by atoms with E-state index in [4.69, 9.17) is 4.42 Å². The van der Waals surface area contributed by atoms with Crippen molar-refractivity contribution in [3.63, 3.8) is 0 Å². The lowest BCUT2D eigenvalue weighted by molar-refractivity contribution is -0.138. The van der Waals surface area contributed by atoms with Gasteiger partial charge < -0.3 is 19.1 Å². The van der Waals surface area contributed by atoms with E-state index in [2.05, 4.69) is 4.98 Å². The second-order valence-corrected chi connectivity index (χ2v) is 9.01. The van der Waals surface area contributed by atoms with Gasteiger partial charge in [-0.25, -0.2) is 4.79 Å². The Kier molecular flexibility index (Phi) is 5.48. The number of rotatable bonds is 7. The van der Waals surface area contributed by atoms with Crippen molar-refractivity contribution in [2.75, 3.05) is 4.31 Å². The van der Waals surface area contributed by atoms with E-state index in [1.54, 1.807) is 12.1 Å². The van der Waals surface area contributed by atoms with Crippen LogP contribution in [-0.2, 0) is 35.3 Å². The third-order valence-corrected chi connectivity index (χ3v) is 7.07. The summed E-state index contributed by atoms with van der Waals surface area (Å²) >= 11 is -2.76. The van der Waals surface area contributed by atoms with Crippen LogP contribution in [0, 0.1) is 0 Å². The molecule has 0 amide bonds. The predicted octanol–water partition coefficient (Wildman–Crippen LogP) is 4.48. The molecule has 2 aromatic heterocycles. The van der Waals surface area contributed by atoms with E-state index >= 15 is 0 Å². The molecule has 0 saturated carbocycles. The molecule has 1 aliphatic rings. The molecule has 7 nitrogen and oxygen atoms in total. The summed E-state index contributed by atoms with van der Waals surface area (Å²) in [6.07, 6.45) is 6.41. The molecule has 4 aromatic rings. The van der Waals surface area contributed by atoms with E-state index in [1.807, 2.05) is 36.5 Å². The molecule has 2 aromatic carbocycles. The highest BCUT2D eigenvalue weighted by molar-refractivity contribution is 7.80. The van der Waals surface area contributed by atoms with Crippen molar-refractivity contribution >= 4 is 44.8 Å². The number of nitrogens with zero attached hydrogens (tertiary/aromatic N) is 1. The molecule has 8 heteroatoms. The number of hydrogen-bond donors (Lipinski definition) is 2. The number of para-hydroxylation sites is 1. The van der Waals surface area contributed by atoms with Gasteiger partial charge >= 0.3 is 5.97 Å². The summed E-state index contributed by atoms with van der Waals surface area (Å²) in [6.45, 7) is 0. The zero-order valence-corrected chi connectivity index (χ0v) is 18.2. The molecular weight excluding hydrogens is 428 g/mol. The number of nitrogens with one attached hydrogen (secondary N) is 1. The van der Waals surface area contributed by atoms with Gasteiger partial charge in [0.2, 0.25) is 0 Å². The van der Waals surface area contributed by atoms with Crippen molar-refractivity contribution in [1.82, 2.24) is 4.98 Å². The monoisotopic (exact) mass is 451 g/mol. The number of carbonyl (C=O) groups is 1. The van der Waals surface area contributed by atoms with Crippen molar-refractivity contribution in [1.29, 1.82) is 0 Å². The van der Waals surface area contributed by atoms with Gasteiger partial charge in [-0.05, 0) is 55.9 Å². The van der Waals surface area contributed by atoms with Gasteiger partial charge in [0.1, 0.15) is 17.4 Å². The van der Waals surface area contributed by atoms with E-state index in [-0.39, 0.29) is 6.42 Å². The van der Waals surface area contributed by atoms with Crippen LogP contribution in [0.1, 0.15) is 36.1 Å². The molecule has 0 saturated heterocycles. The maximum absolute atomic E-state index is 12.2. The number of fused-ring (bicyclic) bond motifs is 4. The third-order valence-electron chi connectivity index (χ3n) is 6.29. The van der Waals surface area contributed by atoms with Crippen LogP contribution in [0.3, 0.4) is 0 Å². The van der Waals surface area contributed by atoms with Crippen LogP contribution in [0.4, 0.5) is 5.69 Å². The first-order valence-corrected chi connectivity index (χ1v) is 11.8. The van der Waals surface area contributed by atoms with E-state index < -0.39 is 23.3 Å². The van der Waals surface area contributed by atoms with Crippen LogP contribution < -0.4 is 4.31 Å². The van der Waals surface area contributed by atoms with E-state index in [0.29, 0.717) is 17.7 Å². The standard InChI is InChI=1S/C24H24N2O5S/c27-24(28)21(12-9-15-14-25-20-7-3-1-5-17(15)20)26(32(29)30)16-10-11-19-18-6-2-4-8-22(18)31-23(19)13-16/h1,3,5,7,10-11,13-14,21,25H,2,4,6,8-9,12H2,(H,27,28)(H,29,30)/p-1. The Labute approximate surface area is 187 Å². The second-order valence-electron chi connectivity index (χ2n) is 8.19. The topological polar surface area (TPSA) is 110 Å². The molecule has 0 bridgehead atoms. The van der Waals surface area contributed by atoms with Gasteiger partial charge in [-0.15, -0.1) is 0 Å². The fourth-order valence-electron chi connectivity index (χ4n) is 4.73. The van der Waals surface area contributed by atoms with Gasteiger partial charge in [-0.1, -0.05) is 18.2 Å². The van der Waals surface area contributed by atoms with Gasteiger partial charge in [0, 0.05) is 51.8 Å². The number of carboxylic acid groups (broad SMARTS) is 1. The van der Waals surface area contributed by atoms with Crippen molar-refractivity contribution in [2.24, 2.45) is 0 Å². The highest BCUT2D eigenvalue weighted by Crippen LogP contribution is 2.35. The minimum Gasteiger partial charge on any atom is -0.755 e. The quantitative estimate of drug-likeness (QED) is 0.403. The summed E-state index contributed by atoms with van der Waals surface area (Å²) in [5, 5.41) is 11.9. The number of anilines is 1. The third kappa shape index (κ3) is 3.69. The Morgan fingerprint density at radius 3 is 2.81 bits per heavy atom. The molecule has 2 N–H and O–H groups in total. The fourth-order valence-corrected chi connectivity index (χ4v) is 5.42. The smallest absolute Gasteiger partial charge is 0.327 e. The lowest BCUT2D eigenvalue weighted by Crippen LogP contribution is -2.42. The molecule has 0 fully saturated rings. The first-order valence-electron chi connectivity index (χ1n) is 10.7. The number of hydrogen-bond acceptors (Lipinski definition) is 4. The highest BCUT2D eigenvalue weighted by atomic mass is 32.2. The summed E-state index contributed by atoms with van der Waals surface area (Å²) in [4.78, 5) is 15.3. The summed E-state index contributed by atoms with van der Waals surface area (Å²) in [7, 11) is 0. The van der Waals surface area contributed by atoms with Gasteiger partial charge in [0.05, 0.1) is 5.69 Å². The summed E-state index contributed by atoms with van der Waals surface area (Å²) in [6, 6.07) is 11.7. The predicted molar refractivity (Wildman–Crippen MR) is 122 cm³/mol. The maximum atomic E-state index is 12.2. The highest BCUT2D eigenvalue weighted by Gasteiger charge is 2.28. The SMILES string of the molecule is O=C(O)C(CCc1c[nH]c2ccccc12)N(c1ccc2c3c(oc2c1)CCCC3)S(=O)[O-]. The number of aromatic nitrogens is 1. The maximum Gasteiger partial charge on any atom is 0.327 e. The number of aryl methyl sites for hydroxylation is 3. The van der Waals surface area contributed by atoms with Gasteiger partial charge in [-0.2, -0.15) is 0 Å². The molecule has 166 valence electrons. The first-order chi connectivity index (χ1) is 15.5. The minimum atomic E-state index is -2.76. The number of furan rings is 1. The molecule has 5 rings (SSSR count). The lowest BCUT2D eigenvalue weighted by atomic mass is 9.96. The van der Waals surface area contributed by atoms with E-state index in [9.17, 15) is 18.7 Å². The van der Waals surface area contributed by atoms with E-state index in [0.717, 1.165) is 57.6 Å². The summed E-state index contributed by atoms with van der Waals surface area (Å²) < 4.78 is 31.3. The van der Waals surface area contributed by atoms with Gasteiger partial charge in [-0.3, -0.25) is 8.51 Å². The molecule has 0 spiro atoms. The first kappa shape index (κ1) is 20.8. The molecule has 0 aliphatic heterocycles. The number of aliphatic carboxylic acids is 1. The Bertz CT molecular complexity index is 1320. The Hall–Kier alpha value is -3.10. The van der Waals surface area contributed by atoms with Crippen molar-refractivity contribution in [3.05, 3.63) is 65.5 Å². The number of aromatic amines is 1. The largest absolute Gasteiger partial charge is 0.755 e. The van der Waals surface area contributed by atoms with E-state index in [1.165, 1.54) is 5.56 Å². The van der Waals surface area contributed by atoms with Crippen LogP contribution in [0.2, 0.25) is 0 Å². The van der Waals surface area contributed by atoms with Gasteiger partial charge in [0.25, 0.3) is 0 Å². The van der Waals surface area contributed by atoms with Gasteiger partial charge in [0.15, 0.2) is 0 Å². The average Bonchev–Trinajstić information content (AvgIpc) is 3.36. The summed E-state index contributed by atoms with van der Waals surface area (Å²) in [5.41, 5.74) is 4.00. The molecule has 1 aliphatic carbocycles. The molecule has 32 heavy (non-hydrogen) atoms. The zero-order valence-electron chi connectivity index (χ0n) is 17.4. The molecule has 0 radical (unpaired) electrons. The molecule has 2 heterocycles. The summed E-state index contributed by atoms with van der Waals surface area (Å²) in [5.74, 6) is -0.236. The van der Waals surface area contributed by atoms with Crippen LogP contribution in [0.25, 0.3) is 21.9 Å². The van der Waals surface area contributed by atoms with Crippen molar-refractivity contribution in [3.8, 4) is 0 Å². The fraction of sp³-hybridized carbons (Fsp3) is 0.292. The Morgan fingerprint density at radius 1 is 1.19 bits per heavy atom. The number of carboxylic acids is 1. The minimum absolute atomic E-state index is 0.137. The van der Waals surface area contributed by atoms with Crippen molar-refractivity contribution in [2.45, 2.75) is 44.6 Å². The Morgan fingerprint density at radius 2 is 2.00 bits per heavy atom. The zero-order chi connectivity index (χ0) is 22.2. The van der Waals surface area contributed by atoms with Crippen molar-refractivity contribution < 1.29 is 23.1 Å². The Balaban J connectivity index is 1.46. The molecule has 2 atom stereocenters.